The summed E-state index contributed by atoms with van der Waals surface area (Å²) in [6.07, 6.45) is 1.50. The van der Waals surface area contributed by atoms with E-state index in [1.54, 1.807) is 28.6 Å². The van der Waals surface area contributed by atoms with E-state index in [0.717, 1.165) is 15.3 Å². The molecule has 0 saturated heterocycles. The predicted molar refractivity (Wildman–Crippen MR) is 98.1 cm³/mol. The van der Waals surface area contributed by atoms with Crippen LogP contribution in [-0.4, -0.2) is 25.0 Å². The first-order valence-corrected chi connectivity index (χ1v) is 9.18. The van der Waals surface area contributed by atoms with Gasteiger partial charge in [-0.1, -0.05) is 45.0 Å². The molecule has 0 N–H and O–H groups in total. The van der Waals surface area contributed by atoms with Gasteiger partial charge in [0.2, 0.25) is 0 Å². The molecule has 4 rings (SSSR count). The lowest BCUT2D eigenvalue weighted by molar-refractivity contribution is 0.627. The second-order valence-corrected chi connectivity index (χ2v) is 7.12. The van der Waals surface area contributed by atoms with Crippen LogP contribution in [0, 0.1) is 5.82 Å². The number of halogens is 2. The molecular formula is C17H11BrFN5S. The zero-order valence-corrected chi connectivity index (χ0v) is 15.2. The second kappa shape index (κ2) is 6.89. The molecule has 25 heavy (non-hydrogen) atoms. The normalized spacial score (nSPS) is 11.1. The first-order valence-electron chi connectivity index (χ1n) is 7.40. The minimum absolute atomic E-state index is 0.298. The van der Waals surface area contributed by atoms with Crippen molar-refractivity contribution in [3.8, 4) is 5.69 Å². The van der Waals surface area contributed by atoms with E-state index in [9.17, 15) is 4.39 Å². The van der Waals surface area contributed by atoms with Crippen LogP contribution in [-0.2, 0) is 5.75 Å². The molecule has 0 unspecified atom stereocenters. The zero-order valence-electron chi connectivity index (χ0n) is 12.8. The van der Waals surface area contributed by atoms with Gasteiger partial charge in [0.15, 0.2) is 11.2 Å². The third-order valence-corrected chi connectivity index (χ3v) is 5.14. The Morgan fingerprint density at radius 2 is 1.76 bits per heavy atom. The van der Waals surface area contributed by atoms with Crippen molar-refractivity contribution in [2.45, 2.75) is 10.8 Å². The topological polar surface area (TPSA) is 56.5 Å². The Hall–Kier alpha value is -2.32. The first kappa shape index (κ1) is 16.2. The van der Waals surface area contributed by atoms with Crippen LogP contribution in [0.3, 0.4) is 0 Å². The van der Waals surface area contributed by atoms with Crippen molar-refractivity contribution in [3.63, 3.8) is 0 Å². The van der Waals surface area contributed by atoms with E-state index >= 15 is 0 Å². The summed E-state index contributed by atoms with van der Waals surface area (Å²) in [5.41, 5.74) is 3.12. The number of nitrogens with zero attached hydrogens (tertiary/aromatic N) is 5. The number of hydrogen-bond donors (Lipinski definition) is 0. The summed E-state index contributed by atoms with van der Waals surface area (Å²) in [7, 11) is 0. The molecule has 0 amide bonds. The lowest BCUT2D eigenvalue weighted by Gasteiger charge is -2.03. The Morgan fingerprint density at radius 3 is 2.52 bits per heavy atom. The van der Waals surface area contributed by atoms with Crippen LogP contribution >= 0.6 is 27.7 Å². The molecule has 0 aliphatic carbocycles. The van der Waals surface area contributed by atoms with E-state index in [-0.39, 0.29) is 5.82 Å². The molecule has 0 aliphatic heterocycles. The number of thioether (sulfide) groups is 1. The number of fused-ring (bicyclic) bond motifs is 1. The average Bonchev–Trinajstić information content (AvgIpc) is 3.07. The quantitative estimate of drug-likeness (QED) is 0.365. The van der Waals surface area contributed by atoms with Crippen molar-refractivity contribution in [2.24, 2.45) is 0 Å². The molecule has 2 heterocycles. The Balaban J connectivity index is 1.64. The molecule has 0 fully saturated rings. The third-order valence-electron chi connectivity index (χ3n) is 3.56. The van der Waals surface area contributed by atoms with Crippen molar-refractivity contribution in [1.29, 1.82) is 0 Å². The lowest BCUT2D eigenvalue weighted by Crippen LogP contribution is -1.98. The van der Waals surface area contributed by atoms with Gasteiger partial charge in [-0.25, -0.2) is 14.4 Å². The van der Waals surface area contributed by atoms with Gasteiger partial charge in [-0.05, 0) is 42.0 Å². The molecule has 0 atom stereocenters. The maximum atomic E-state index is 13.1. The fraction of sp³-hybridized carbons (Fsp3) is 0.0588. The van der Waals surface area contributed by atoms with E-state index in [1.807, 2.05) is 12.1 Å². The SMILES string of the molecule is Fc1ccc(-n2nnc3c(SCc4ccc(Br)cc4)ncnc32)cc1. The molecule has 124 valence electrons. The van der Waals surface area contributed by atoms with Gasteiger partial charge in [0.25, 0.3) is 0 Å². The highest BCUT2D eigenvalue weighted by molar-refractivity contribution is 9.10. The highest BCUT2D eigenvalue weighted by Crippen LogP contribution is 2.27. The Kier molecular flexibility index (Phi) is 4.46. The van der Waals surface area contributed by atoms with Crippen molar-refractivity contribution in [3.05, 3.63) is 70.7 Å². The Morgan fingerprint density at radius 1 is 1.00 bits per heavy atom. The van der Waals surface area contributed by atoms with Gasteiger partial charge in [-0.2, -0.15) is 4.68 Å². The zero-order chi connectivity index (χ0) is 17.2. The van der Waals surface area contributed by atoms with Crippen LogP contribution in [0.1, 0.15) is 5.56 Å². The fourth-order valence-corrected chi connectivity index (χ4v) is 3.47. The predicted octanol–water partition coefficient (Wildman–Crippen LogP) is 4.40. The van der Waals surface area contributed by atoms with Crippen molar-refractivity contribution in [2.75, 3.05) is 0 Å². The maximum Gasteiger partial charge on any atom is 0.187 e. The number of benzene rings is 2. The van der Waals surface area contributed by atoms with Crippen LogP contribution < -0.4 is 0 Å². The van der Waals surface area contributed by atoms with Crippen LogP contribution in [0.2, 0.25) is 0 Å². The third kappa shape index (κ3) is 3.40. The van der Waals surface area contributed by atoms with Gasteiger partial charge in [0, 0.05) is 10.2 Å². The van der Waals surface area contributed by atoms with Crippen LogP contribution in [0.4, 0.5) is 4.39 Å². The maximum absolute atomic E-state index is 13.1. The molecule has 0 bridgehead atoms. The highest BCUT2D eigenvalue weighted by Gasteiger charge is 2.13. The summed E-state index contributed by atoms with van der Waals surface area (Å²) in [5, 5.41) is 9.12. The second-order valence-electron chi connectivity index (χ2n) is 5.24. The smallest absolute Gasteiger partial charge is 0.187 e. The summed E-state index contributed by atoms with van der Waals surface area (Å²) < 4.78 is 15.7. The monoisotopic (exact) mass is 415 g/mol. The summed E-state index contributed by atoms with van der Waals surface area (Å²) in [6.45, 7) is 0. The van der Waals surface area contributed by atoms with Gasteiger partial charge in [0.05, 0.1) is 5.69 Å². The summed E-state index contributed by atoms with van der Waals surface area (Å²) in [4.78, 5) is 8.61. The molecule has 0 radical (unpaired) electrons. The summed E-state index contributed by atoms with van der Waals surface area (Å²) >= 11 is 5.01. The summed E-state index contributed by atoms with van der Waals surface area (Å²) in [5.74, 6) is 0.469. The van der Waals surface area contributed by atoms with Gasteiger partial charge >= 0.3 is 0 Å². The van der Waals surface area contributed by atoms with Gasteiger partial charge < -0.3 is 0 Å². The van der Waals surface area contributed by atoms with Gasteiger partial charge in [0.1, 0.15) is 17.2 Å². The van der Waals surface area contributed by atoms with Gasteiger partial charge in [-0.15, -0.1) is 5.10 Å². The number of aromatic nitrogens is 5. The molecule has 2 aromatic heterocycles. The van der Waals surface area contributed by atoms with Gasteiger partial charge in [-0.3, -0.25) is 0 Å². The Labute approximate surface area is 155 Å². The first-order chi connectivity index (χ1) is 12.2. The standard InChI is InChI=1S/C17H11BrFN5S/c18-12-3-1-11(2-4-12)9-25-17-15-16(20-10-21-17)24(23-22-15)14-7-5-13(19)6-8-14/h1-8,10H,9H2. The number of rotatable bonds is 4. The van der Waals surface area contributed by atoms with Crippen LogP contribution in [0.5, 0.6) is 0 Å². The molecule has 2 aromatic carbocycles. The largest absolute Gasteiger partial charge is 0.227 e. The number of hydrogen-bond acceptors (Lipinski definition) is 5. The molecule has 8 heteroatoms. The Bertz CT molecular complexity index is 1020. The average molecular weight is 416 g/mol. The minimum atomic E-state index is -0.298. The minimum Gasteiger partial charge on any atom is -0.227 e. The van der Waals surface area contributed by atoms with E-state index in [2.05, 4.69) is 48.3 Å². The molecule has 5 nitrogen and oxygen atoms in total. The van der Waals surface area contributed by atoms with E-state index < -0.39 is 0 Å². The van der Waals surface area contributed by atoms with E-state index in [4.69, 9.17) is 0 Å². The van der Waals surface area contributed by atoms with Crippen molar-refractivity contribution < 1.29 is 4.39 Å². The van der Waals surface area contributed by atoms with Crippen molar-refractivity contribution >= 4 is 38.9 Å². The molecule has 0 aliphatic rings. The molecule has 0 saturated carbocycles. The highest BCUT2D eigenvalue weighted by atomic mass is 79.9. The molecule has 4 aromatic rings. The lowest BCUT2D eigenvalue weighted by atomic mass is 10.2. The molecular weight excluding hydrogens is 405 g/mol. The summed E-state index contributed by atoms with van der Waals surface area (Å²) in [6, 6.07) is 14.2. The van der Waals surface area contributed by atoms with Crippen LogP contribution in [0.15, 0.2) is 64.4 Å². The van der Waals surface area contributed by atoms with E-state index in [1.165, 1.54) is 24.0 Å². The van der Waals surface area contributed by atoms with Crippen molar-refractivity contribution in [1.82, 2.24) is 25.0 Å². The van der Waals surface area contributed by atoms with Crippen LogP contribution in [0.25, 0.3) is 16.9 Å². The fourth-order valence-electron chi connectivity index (χ4n) is 2.32. The van der Waals surface area contributed by atoms with E-state index in [0.29, 0.717) is 16.9 Å². The molecule has 0 spiro atoms.